The Kier molecular flexibility index (Phi) is 5.94. The lowest BCUT2D eigenvalue weighted by Gasteiger charge is -2.13. The van der Waals surface area contributed by atoms with Crippen molar-refractivity contribution in [3.05, 3.63) is 65.7 Å². The summed E-state index contributed by atoms with van der Waals surface area (Å²) in [5.41, 5.74) is 4.30. The lowest BCUT2D eigenvalue weighted by atomic mass is 10.0. The van der Waals surface area contributed by atoms with Gasteiger partial charge in [-0.3, -0.25) is 4.79 Å². The molecule has 0 saturated heterocycles. The summed E-state index contributed by atoms with van der Waals surface area (Å²) in [6.07, 6.45) is 0.463. The highest BCUT2D eigenvalue weighted by molar-refractivity contribution is 7.99. The van der Waals surface area contributed by atoms with E-state index in [9.17, 15) is 4.79 Å². The summed E-state index contributed by atoms with van der Waals surface area (Å²) in [7, 11) is 0. The fourth-order valence-corrected chi connectivity index (χ4v) is 3.89. The second kappa shape index (κ2) is 8.37. The normalized spacial score (nSPS) is 11.1. The van der Waals surface area contributed by atoms with Gasteiger partial charge in [0.15, 0.2) is 0 Å². The van der Waals surface area contributed by atoms with E-state index >= 15 is 0 Å². The van der Waals surface area contributed by atoms with Crippen LogP contribution in [-0.4, -0.2) is 16.6 Å². The Balaban J connectivity index is 1.59. The largest absolute Gasteiger partial charge is 0.326 e. The SMILES string of the molecule is Cc1cc(SCCC(=O)Nc2ccccc2C(C)C)nc2ccccc12. The number of thioether (sulfide) groups is 1. The molecule has 4 heteroatoms. The van der Waals surface area contributed by atoms with E-state index in [0.29, 0.717) is 18.1 Å². The molecule has 0 saturated carbocycles. The van der Waals surface area contributed by atoms with Crippen molar-refractivity contribution >= 4 is 34.3 Å². The van der Waals surface area contributed by atoms with Gasteiger partial charge in [-0.2, -0.15) is 0 Å². The van der Waals surface area contributed by atoms with Gasteiger partial charge in [-0.05, 0) is 42.2 Å². The number of nitrogens with one attached hydrogen (secondary N) is 1. The number of anilines is 1. The number of amides is 1. The summed E-state index contributed by atoms with van der Waals surface area (Å²) in [5.74, 6) is 1.13. The van der Waals surface area contributed by atoms with Crippen molar-refractivity contribution in [3.8, 4) is 0 Å². The number of pyridine rings is 1. The van der Waals surface area contributed by atoms with Crippen molar-refractivity contribution in [2.24, 2.45) is 0 Å². The van der Waals surface area contributed by atoms with Crippen LogP contribution in [0.15, 0.2) is 59.6 Å². The third kappa shape index (κ3) is 4.44. The number of nitrogens with zero attached hydrogens (tertiary/aromatic N) is 1. The highest BCUT2D eigenvalue weighted by atomic mass is 32.2. The van der Waals surface area contributed by atoms with Crippen LogP contribution in [0.5, 0.6) is 0 Å². The highest BCUT2D eigenvalue weighted by Gasteiger charge is 2.10. The van der Waals surface area contributed by atoms with Crippen molar-refractivity contribution in [2.45, 2.75) is 38.1 Å². The monoisotopic (exact) mass is 364 g/mol. The highest BCUT2D eigenvalue weighted by Crippen LogP contribution is 2.25. The minimum atomic E-state index is 0.0445. The Hall–Kier alpha value is -2.33. The van der Waals surface area contributed by atoms with Gasteiger partial charge < -0.3 is 5.32 Å². The predicted molar refractivity (Wildman–Crippen MR) is 111 cm³/mol. The summed E-state index contributed by atoms with van der Waals surface area (Å²) in [5, 5.41) is 5.20. The fourth-order valence-electron chi connectivity index (χ4n) is 2.97. The molecule has 3 nitrogen and oxygen atoms in total. The number of carbonyl (C=O) groups excluding carboxylic acids is 1. The molecule has 3 rings (SSSR count). The van der Waals surface area contributed by atoms with Crippen LogP contribution in [0.2, 0.25) is 0 Å². The van der Waals surface area contributed by atoms with E-state index in [1.54, 1.807) is 11.8 Å². The molecule has 3 aromatic rings. The minimum absolute atomic E-state index is 0.0445. The zero-order valence-corrected chi connectivity index (χ0v) is 16.3. The van der Waals surface area contributed by atoms with Crippen molar-refractivity contribution in [2.75, 3.05) is 11.1 Å². The molecule has 1 amide bonds. The van der Waals surface area contributed by atoms with Gasteiger partial charge in [0, 0.05) is 23.2 Å². The maximum Gasteiger partial charge on any atom is 0.225 e. The van der Waals surface area contributed by atoms with Gasteiger partial charge in [0.1, 0.15) is 0 Å². The Bertz CT molecular complexity index is 921. The second-order valence-electron chi connectivity index (χ2n) is 6.68. The standard InChI is InChI=1S/C22H24N2OS/c1-15(2)17-8-4-6-10-19(17)23-21(25)12-13-26-22-14-16(3)18-9-5-7-11-20(18)24-22/h4-11,14-15H,12-13H2,1-3H3,(H,23,25). The molecule has 0 aliphatic carbocycles. The molecular weight excluding hydrogens is 340 g/mol. The average molecular weight is 365 g/mol. The first kappa shape index (κ1) is 18.5. The molecule has 26 heavy (non-hydrogen) atoms. The Morgan fingerprint density at radius 1 is 1.12 bits per heavy atom. The molecule has 0 spiro atoms. The number of para-hydroxylation sites is 2. The molecule has 1 heterocycles. The number of rotatable bonds is 6. The third-order valence-electron chi connectivity index (χ3n) is 4.34. The van der Waals surface area contributed by atoms with E-state index in [1.165, 1.54) is 16.5 Å². The lowest BCUT2D eigenvalue weighted by Crippen LogP contribution is -2.14. The van der Waals surface area contributed by atoms with Crippen molar-refractivity contribution in [3.63, 3.8) is 0 Å². The van der Waals surface area contributed by atoms with Crippen LogP contribution in [0.1, 0.15) is 37.3 Å². The number of hydrogen-bond donors (Lipinski definition) is 1. The van der Waals surface area contributed by atoms with Crippen LogP contribution >= 0.6 is 11.8 Å². The van der Waals surface area contributed by atoms with Crippen molar-refractivity contribution < 1.29 is 4.79 Å². The van der Waals surface area contributed by atoms with Gasteiger partial charge >= 0.3 is 0 Å². The first-order chi connectivity index (χ1) is 12.5. The van der Waals surface area contributed by atoms with Gasteiger partial charge in [-0.15, -0.1) is 11.8 Å². The van der Waals surface area contributed by atoms with Crippen LogP contribution < -0.4 is 5.32 Å². The van der Waals surface area contributed by atoms with Crippen LogP contribution in [0.25, 0.3) is 10.9 Å². The molecule has 0 bridgehead atoms. The smallest absolute Gasteiger partial charge is 0.225 e. The number of benzene rings is 2. The number of aryl methyl sites for hydroxylation is 1. The number of carbonyl (C=O) groups is 1. The number of aromatic nitrogens is 1. The van der Waals surface area contributed by atoms with Crippen LogP contribution in [0.3, 0.4) is 0 Å². The molecule has 0 fully saturated rings. The Morgan fingerprint density at radius 3 is 2.65 bits per heavy atom. The molecule has 0 radical (unpaired) electrons. The van der Waals surface area contributed by atoms with E-state index in [1.807, 2.05) is 36.4 Å². The van der Waals surface area contributed by atoms with Crippen LogP contribution in [0.4, 0.5) is 5.69 Å². The van der Waals surface area contributed by atoms with Gasteiger partial charge in [0.2, 0.25) is 5.91 Å². The van der Waals surface area contributed by atoms with E-state index in [0.717, 1.165) is 16.2 Å². The van der Waals surface area contributed by atoms with Crippen molar-refractivity contribution in [1.29, 1.82) is 0 Å². The molecule has 1 N–H and O–H groups in total. The molecule has 1 aromatic heterocycles. The third-order valence-corrected chi connectivity index (χ3v) is 5.25. The summed E-state index contributed by atoms with van der Waals surface area (Å²) in [4.78, 5) is 17.0. The quantitative estimate of drug-likeness (QED) is 0.563. The Labute approximate surface area is 159 Å². The van der Waals surface area contributed by atoms with Crippen LogP contribution in [-0.2, 0) is 4.79 Å². The Morgan fingerprint density at radius 2 is 1.85 bits per heavy atom. The summed E-state index contributed by atoms with van der Waals surface area (Å²) in [6.45, 7) is 6.37. The molecular formula is C22H24N2OS. The van der Waals surface area contributed by atoms with E-state index in [2.05, 4.69) is 49.3 Å². The maximum absolute atomic E-state index is 12.3. The predicted octanol–water partition coefficient (Wildman–Crippen LogP) is 5.79. The molecule has 0 unspecified atom stereocenters. The fraction of sp³-hybridized carbons (Fsp3) is 0.273. The van der Waals surface area contributed by atoms with Crippen molar-refractivity contribution in [1.82, 2.24) is 4.98 Å². The zero-order chi connectivity index (χ0) is 18.5. The topological polar surface area (TPSA) is 42.0 Å². The van der Waals surface area contributed by atoms with Gasteiger partial charge in [-0.25, -0.2) is 4.98 Å². The van der Waals surface area contributed by atoms with E-state index in [4.69, 9.17) is 0 Å². The van der Waals surface area contributed by atoms with Gasteiger partial charge in [-0.1, -0.05) is 50.2 Å². The molecule has 0 aliphatic rings. The lowest BCUT2D eigenvalue weighted by molar-refractivity contribution is -0.115. The second-order valence-corrected chi connectivity index (χ2v) is 7.80. The summed E-state index contributed by atoms with van der Waals surface area (Å²) >= 11 is 1.63. The van der Waals surface area contributed by atoms with E-state index in [-0.39, 0.29) is 5.91 Å². The average Bonchev–Trinajstić information content (AvgIpc) is 2.62. The summed E-state index contributed by atoms with van der Waals surface area (Å²) < 4.78 is 0. The first-order valence-corrected chi connectivity index (χ1v) is 9.91. The molecule has 0 aliphatic heterocycles. The zero-order valence-electron chi connectivity index (χ0n) is 15.5. The van der Waals surface area contributed by atoms with E-state index < -0.39 is 0 Å². The maximum atomic E-state index is 12.3. The van der Waals surface area contributed by atoms with Crippen LogP contribution in [0, 0.1) is 6.92 Å². The molecule has 0 atom stereocenters. The molecule has 134 valence electrons. The van der Waals surface area contributed by atoms with Gasteiger partial charge in [0.25, 0.3) is 0 Å². The number of fused-ring (bicyclic) bond motifs is 1. The summed E-state index contributed by atoms with van der Waals surface area (Å²) in [6, 6.07) is 18.2. The minimum Gasteiger partial charge on any atom is -0.326 e. The van der Waals surface area contributed by atoms with Gasteiger partial charge in [0.05, 0.1) is 10.5 Å². The number of hydrogen-bond acceptors (Lipinski definition) is 3. The first-order valence-electron chi connectivity index (χ1n) is 8.92. The molecule has 2 aromatic carbocycles.